The molecular weight excluding hydrogens is 330 g/mol. The van der Waals surface area contributed by atoms with E-state index in [1.54, 1.807) is 6.07 Å². The lowest BCUT2D eigenvalue weighted by molar-refractivity contribution is 0.958. The van der Waals surface area contributed by atoms with Crippen molar-refractivity contribution in [3.63, 3.8) is 0 Å². The van der Waals surface area contributed by atoms with Crippen molar-refractivity contribution in [2.45, 2.75) is 13.3 Å². The molecule has 108 valence electrons. The molecule has 1 aromatic carbocycles. The van der Waals surface area contributed by atoms with Gasteiger partial charge < -0.3 is 10.2 Å². The number of nitriles is 1. The standard InChI is InChI=1S/C15H16BrN5/c1-3-7-18-14-13(16)15(20-10-19-14)21(2)12-6-4-5-11(8-12)9-17/h4-6,8,10H,3,7H2,1-2H3,(H,18,19,20). The van der Waals surface area contributed by atoms with Crippen LogP contribution in [-0.4, -0.2) is 23.6 Å². The lowest BCUT2D eigenvalue weighted by Crippen LogP contribution is -2.14. The molecule has 0 saturated carbocycles. The van der Waals surface area contributed by atoms with E-state index in [2.05, 4.69) is 44.2 Å². The van der Waals surface area contributed by atoms with Gasteiger partial charge in [-0.3, -0.25) is 0 Å². The molecule has 0 saturated heterocycles. The van der Waals surface area contributed by atoms with Gasteiger partial charge in [-0.1, -0.05) is 13.0 Å². The highest BCUT2D eigenvalue weighted by atomic mass is 79.9. The Labute approximate surface area is 132 Å². The maximum atomic E-state index is 9.00. The summed E-state index contributed by atoms with van der Waals surface area (Å²) in [4.78, 5) is 10.5. The maximum absolute atomic E-state index is 9.00. The van der Waals surface area contributed by atoms with Crippen molar-refractivity contribution in [3.05, 3.63) is 40.6 Å². The molecule has 0 fully saturated rings. The van der Waals surface area contributed by atoms with Crippen LogP contribution in [0.3, 0.4) is 0 Å². The Morgan fingerprint density at radius 1 is 1.38 bits per heavy atom. The summed E-state index contributed by atoms with van der Waals surface area (Å²) in [6, 6.07) is 9.55. The summed E-state index contributed by atoms with van der Waals surface area (Å²) in [5.74, 6) is 1.52. The van der Waals surface area contributed by atoms with E-state index in [-0.39, 0.29) is 0 Å². The van der Waals surface area contributed by atoms with Crippen molar-refractivity contribution in [1.29, 1.82) is 5.26 Å². The van der Waals surface area contributed by atoms with E-state index in [0.29, 0.717) is 5.56 Å². The third kappa shape index (κ3) is 3.50. The molecule has 2 rings (SSSR count). The monoisotopic (exact) mass is 345 g/mol. The van der Waals surface area contributed by atoms with Gasteiger partial charge in [0.2, 0.25) is 0 Å². The summed E-state index contributed by atoms with van der Waals surface area (Å²) >= 11 is 3.55. The van der Waals surface area contributed by atoms with E-state index in [0.717, 1.165) is 34.8 Å². The third-order valence-electron chi connectivity index (χ3n) is 2.99. The van der Waals surface area contributed by atoms with E-state index in [9.17, 15) is 0 Å². The number of hydrogen-bond donors (Lipinski definition) is 1. The van der Waals surface area contributed by atoms with Gasteiger partial charge in [-0.05, 0) is 40.5 Å². The molecule has 0 bridgehead atoms. The molecule has 21 heavy (non-hydrogen) atoms. The molecular formula is C15H16BrN5. The number of halogens is 1. The van der Waals surface area contributed by atoms with Crippen LogP contribution in [0.4, 0.5) is 17.3 Å². The smallest absolute Gasteiger partial charge is 0.152 e. The van der Waals surface area contributed by atoms with Crippen molar-refractivity contribution in [2.75, 3.05) is 23.8 Å². The third-order valence-corrected chi connectivity index (χ3v) is 3.72. The van der Waals surface area contributed by atoms with Crippen LogP contribution in [0.15, 0.2) is 35.1 Å². The summed E-state index contributed by atoms with van der Waals surface area (Å²) < 4.78 is 0.809. The second kappa shape index (κ2) is 7.04. The molecule has 1 aromatic heterocycles. The van der Waals surface area contributed by atoms with Crippen LogP contribution in [0.2, 0.25) is 0 Å². The van der Waals surface area contributed by atoms with E-state index in [1.165, 1.54) is 6.33 Å². The molecule has 1 N–H and O–H groups in total. The molecule has 0 aliphatic carbocycles. The largest absolute Gasteiger partial charge is 0.369 e. The molecule has 0 amide bonds. The first-order valence-electron chi connectivity index (χ1n) is 6.65. The molecule has 2 aromatic rings. The number of hydrogen-bond acceptors (Lipinski definition) is 5. The van der Waals surface area contributed by atoms with Crippen LogP contribution < -0.4 is 10.2 Å². The zero-order valence-corrected chi connectivity index (χ0v) is 13.6. The first-order valence-corrected chi connectivity index (χ1v) is 7.45. The summed E-state index contributed by atoms with van der Waals surface area (Å²) in [5, 5.41) is 12.3. The van der Waals surface area contributed by atoms with Crippen LogP contribution in [0.5, 0.6) is 0 Å². The van der Waals surface area contributed by atoms with E-state index < -0.39 is 0 Å². The van der Waals surface area contributed by atoms with Crippen LogP contribution in [0, 0.1) is 11.3 Å². The SMILES string of the molecule is CCCNc1ncnc(N(C)c2cccc(C#N)c2)c1Br. The fourth-order valence-electron chi connectivity index (χ4n) is 1.87. The van der Waals surface area contributed by atoms with E-state index in [1.807, 2.05) is 30.1 Å². The first-order chi connectivity index (χ1) is 10.2. The summed E-state index contributed by atoms with van der Waals surface area (Å²) in [7, 11) is 1.91. The minimum atomic E-state index is 0.619. The Bertz CT molecular complexity index is 665. The van der Waals surface area contributed by atoms with Crippen LogP contribution in [0.1, 0.15) is 18.9 Å². The number of benzene rings is 1. The van der Waals surface area contributed by atoms with E-state index >= 15 is 0 Å². The molecule has 5 nitrogen and oxygen atoms in total. The minimum Gasteiger partial charge on any atom is -0.369 e. The number of aromatic nitrogens is 2. The molecule has 6 heteroatoms. The van der Waals surface area contributed by atoms with Gasteiger partial charge in [0.15, 0.2) is 5.82 Å². The zero-order chi connectivity index (χ0) is 15.2. The van der Waals surface area contributed by atoms with Crippen molar-refractivity contribution in [3.8, 4) is 6.07 Å². The van der Waals surface area contributed by atoms with Gasteiger partial charge in [0, 0.05) is 19.3 Å². The molecule has 0 atom stereocenters. The first kappa shape index (κ1) is 15.3. The summed E-state index contributed by atoms with van der Waals surface area (Å²) in [6.45, 7) is 2.95. The highest BCUT2D eigenvalue weighted by molar-refractivity contribution is 9.10. The van der Waals surface area contributed by atoms with Crippen LogP contribution in [0.25, 0.3) is 0 Å². The Morgan fingerprint density at radius 3 is 2.90 bits per heavy atom. The van der Waals surface area contributed by atoms with E-state index in [4.69, 9.17) is 5.26 Å². The maximum Gasteiger partial charge on any atom is 0.152 e. The predicted octanol–water partition coefficient (Wildman–Crippen LogP) is 3.70. The molecule has 0 unspecified atom stereocenters. The predicted molar refractivity (Wildman–Crippen MR) is 87.7 cm³/mol. The fourth-order valence-corrected chi connectivity index (χ4v) is 2.48. The number of nitrogens with zero attached hydrogens (tertiary/aromatic N) is 4. The second-order valence-electron chi connectivity index (χ2n) is 4.51. The van der Waals surface area contributed by atoms with Crippen molar-refractivity contribution in [1.82, 2.24) is 9.97 Å². The van der Waals surface area contributed by atoms with Crippen molar-refractivity contribution >= 4 is 33.3 Å². The van der Waals surface area contributed by atoms with Gasteiger partial charge in [-0.2, -0.15) is 5.26 Å². The van der Waals surface area contributed by atoms with Gasteiger partial charge in [0.05, 0.1) is 11.6 Å². The second-order valence-corrected chi connectivity index (χ2v) is 5.30. The average molecular weight is 346 g/mol. The average Bonchev–Trinajstić information content (AvgIpc) is 2.53. The molecule has 0 aliphatic heterocycles. The summed E-state index contributed by atoms with van der Waals surface area (Å²) in [5.41, 5.74) is 1.52. The topological polar surface area (TPSA) is 64.8 Å². The van der Waals surface area contributed by atoms with Gasteiger partial charge in [0.25, 0.3) is 0 Å². The molecule has 0 spiro atoms. The lowest BCUT2D eigenvalue weighted by atomic mass is 10.2. The Morgan fingerprint density at radius 2 is 2.19 bits per heavy atom. The van der Waals surface area contributed by atoms with Gasteiger partial charge in [0.1, 0.15) is 16.6 Å². The zero-order valence-electron chi connectivity index (χ0n) is 12.0. The number of nitrogens with one attached hydrogen (secondary N) is 1. The molecule has 0 aliphatic rings. The lowest BCUT2D eigenvalue weighted by Gasteiger charge is -2.20. The van der Waals surface area contributed by atoms with Gasteiger partial charge in [-0.15, -0.1) is 0 Å². The Kier molecular flexibility index (Phi) is 5.12. The highest BCUT2D eigenvalue weighted by Crippen LogP contribution is 2.32. The van der Waals surface area contributed by atoms with Gasteiger partial charge >= 0.3 is 0 Å². The molecule has 1 heterocycles. The Hall–Kier alpha value is -2.13. The molecule has 0 radical (unpaired) electrons. The van der Waals surface area contributed by atoms with Gasteiger partial charge in [-0.25, -0.2) is 9.97 Å². The van der Waals surface area contributed by atoms with Crippen LogP contribution in [-0.2, 0) is 0 Å². The quantitative estimate of drug-likeness (QED) is 0.894. The minimum absolute atomic E-state index is 0.619. The number of anilines is 3. The fraction of sp³-hybridized carbons (Fsp3) is 0.267. The Balaban J connectivity index is 2.34. The normalized spacial score (nSPS) is 10.0. The number of rotatable bonds is 5. The van der Waals surface area contributed by atoms with Crippen LogP contribution >= 0.6 is 15.9 Å². The van der Waals surface area contributed by atoms with Crippen molar-refractivity contribution < 1.29 is 0 Å². The summed E-state index contributed by atoms with van der Waals surface area (Å²) in [6.07, 6.45) is 2.55. The van der Waals surface area contributed by atoms with Crippen molar-refractivity contribution in [2.24, 2.45) is 0 Å². The highest BCUT2D eigenvalue weighted by Gasteiger charge is 2.14.